The molecule has 5 heteroatoms. The standard InChI is InChI=1S/C18H19NO4/c1-12-8-13(2)10-14(9-12)19-17(20)11-23-18(21)15-6-4-5-7-16(15)22-3/h4-10H,11H2,1-3H3,(H,19,20). The molecule has 5 nitrogen and oxygen atoms in total. The Bertz CT molecular complexity index is 704. The van der Waals surface area contributed by atoms with E-state index in [2.05, 4.69) is 5.32 Å². The van der Waals surface area contributed by atoms with Crippen molar-refractivity contribution in [2.75, 3.05) is 19.0 Å². The predicted octanol–water partition coefficient (Wildman–Crippen LogP) is 3.11. The van der Waals surface area contributed by atoms with Crippen LogP contribution in [0.15, 0.2) is 42.5 Å². The van der Waals surface area contributed by atoms with Crippen molar-refractivity contribution in [3.05, 3.63) is 59.2 Å². The maximum atomic E-state index is 12.0. The van der Waals surface area contributed by atoms with Crippen LogP contribution in [0.5, 0.6) is 5.75 Å². The van der Waals surface area contributed by atoms with Gasteiger partial charge in [-0.25, -0.2) is 4.79 Å². The Kier molecular flexibility index (Phi) is 5.36. The van der Waals surface area contributed by atoms with Gasteiger partial charge in [0.15, 0.2) is 6.61 Å². The Morgan fingerprint density at radius 3 is 2.35 bits per heavy atom. The van der Waals surface area contributed by atoms with Gasteiger partial charge in [0.1, 0.15) is 11.3 Å². The number of aryl methyl sites for hydroxylation is 2. The van der Waals surface area contributed by atoms with Crippen LogP contribution in [0.25, 0.3) is 0 Å². The monoisotopic (exact) mass is 313 g/mol. The van der Waals surface area contributed by atoms with E-state index in [4.69, 9.17) is 9.47 Å². The summed E-state index contributed by atoms with van der Waals surface area (Å²) in [4.78, 5) is 23.9. The average Bonchev–Trinajstić information content (AvgIpc) is 2.51. The maximum Gasteiger partial charge on any atom is 0.342 e. The number of methoxy groups -OCH3 is 1. The third-order valence-electron chi connectivity index (χ3n) is 3.17. The lowest BCUT2D eigenvalue weighted by molar-refractivity contribution is -0.119. The summed E-state index contributed by atoms with van der Waals surface area (Å²) < 4.78 is 10.1. The van der Waals surface area contributed by atoms with E-state index in [9.17, 15) is 9.59 Å². The van der Waals surface area contributed by atoms with Crippen LogP contribution in [0, 0.1) is 13.8 Å². The molecule has 0 aliphatic carbocycles. The van der Waals surface area contributed by atoms with Crippen molar-refractivity contribution < 1.29 is 19.1 Å². The Balaban J connectivity index is 1.95. The van der Waals surface area contributed by atoms with Crippen LogP contribution in [0.1, 0.15) is 21.5 Å². The molecule has 0 saturated carbocycles. The molecular weight excluding hydrogens is 294 g/mol. The van der Waals surface area contributed by atoms with Crippen LogP contribution >= 0.6 is 0 Å². The zero-order valence-corrected chi connectivity index (χ0v) is 13.4. The van der Waals surface area contributed by atoms with Crippen LogP contribution in [0.3, 0.4) is 0 Å². The summed E-state index contributed by atoms with van der Waals surface area (Å²) in [7, 11) is 1.47. The van der Waals surface area contributed by atoms with E-state index in [1.165, 1.54) is 7.11 Å². The molecule has 120 valence electrons. The van der Waals surface area contributed by atoms with Gasteiger partial charge < -0.3 is 14.8 Å². The highest BCUT2D eigenvalue weighted by Crippen LogP contribution is 2.18. The molecule has 2 rings (SSSR count). The van der Waals surface area contributed by atoms with E-state index in [1.54, 1.807) is 24.3 Å². The number of ether oxygens (including phenoxy) is 2. The Hall–Kier alpha value is -2.82. The molecule has 0 fully saturated rings. The van der Waals surface area contributed by atoms with Crippen LogP contribution < -0.4 is 10.1 Å². The number of amides is 1. The number of carbonyl (C=O) groups is 2. The van der Waals surface area contributed by atoms with Crippen molar-refractivity contribution in [3.63, 3.8) is 0 Å². The lowest BCUT2D eigenvalue weighted by Crippen LogP contribution is -2.21. The molecule has 0 heterocycles. The summed E-state index contributed by atoms with van der Waals surface area (Å²) in [6.45, 7) is 3.54. The third-order valence-corrected chi connectivity index (χ3v) is 3.17. The summed E-state index contributed by atoms with van der Waals surface area (Å²) in [6, 6.07) is 12.4. The van der Waals surface area contributed by atoms with Crippen molar-refractivity contribution >= 4 is 17.6 Å². The molecular formula is C18H19NO4. The van der Waals surface area contributed by atoms with Crippen LogP contribution in [-0.2, 0) is 9.53 Å². The Morgan fingerprint density at radius 2 is 1.70 bits per heavy atom. The number of para-hydroxylation sites is 1. The average molecular weight is 313 g/mol. The highest BCUT2D eigenvalue weighted by molar-refractivity contribution is 5.96. The lowest BCUT2D eigenvalue weighted by Gasteiger charge is -2.10. The number of nitrogens with one attached hydrogen (secondary N) is 1. The quantitative estimate of drug-likeness (QED) is 0.861. The number of hydrogen-bond acceptors (Lipinski definition) is 4. The first-order chi connectivity index (χ1) is 11.0. The van der Waals surface area contributed by atoms with Gasteiger partial charge in [0.25, 0.3) is 5.91 Å². The minimum Gasteiger partial charge on any atom is -0.496 e. The van der Waals surface area contributed by atoms with Gasteiger partial charge in [0.05, 0.1) is 7.11 Å². The molecule has 0 aliphatic rings. The van der Waals surface area contributed by atoms with E-state index in [1.807, 2.05) is 32.0 Å². The lowest BCUT2D eigenvalue weighted by atomic mass is 10.1. The SMILES string of the molecule is COc1ccccc1C(=O)OCC(=O)Nc1cc(C)cc(C)c1. The number of hydrogen-bond donors (Lipinski definition) is 1. The number of esters is 1. The van der Waals surface area contributed by atoms with E-state index in [0.29, 0.717) is 11.4 Å². The number of anilines is 1. The van der Waals surface area contributed by atoms with Gasteiger partial charge in [-0.1, -0.05) is 18.2 Å². The molecule has 0 unspecified atom stereocenters. The molecule has 0 saturated heterocycles. The van der Waals surface area contributed by atoms with Gasteiger partial charge in [0.2, 0.25) is 0 Å². The fourth-order valence-electron chi connectivity index (χ4n) is 2.27. The van der Waals surface area contributed by atoms with Crippen molar-refractivity contribution in [2.45, 2.75) is 13.8 Å². The number of rotatable bonds is 5. The van der Waals surface area contributed by atoms with Crippen molar-refractivity contribution in [3.8, 4) is 5.75 Å². The predicted molar refractivity (Wildman–Crippen MR) is 87.8 cm³/mol. The fourth-order valence-corrected chi connectivity index (χ4v) is 2.27. The molecule has 0 aromatic heterocycles. The smallest absolute Gasteiger partial charge is 0.342 e. The molecule has 0 atom stereocenters. The number of benzene rings is 2. The largest absolute Gasteiger partial charge is 0.496 e. The maximum absolute atomic E-state index is 12.0. The highest BCUT2D eigenvalue weighted by atomic mass is 16.5. The second kappa shape index (κ2) is 7.45. The summed E-state index contributed by atoms with van der Waals surface area (Å²) in [5, 5.41) is 2.71. The molecule has 0 radical (unpaired) electrons. The van der Waals surface area contributed by atoms with Crippen molar-refractivity contribution in [2.24, 2.45) is 0 Å². The topological polar surface area (TPSA) is 64.6 Å². The van der Waals surface area contributed by atoms with Gasteiger partial charge in [-0.15, -0.1) is 0 Å². The van der Waals surface area contributed by atoms with E-state index >= 15 is 0 Å². The van der Waals surface area contributed by atoms with Gasteiger partial charge in [-0.2, -0.15) is 0 Å². The molecule has 2 aromatic rings. The normalized spacial score (nSPS) is 10.0. The highest BCUT2D eigenvalue weighted by Gasteiger charge is 2.14. The zero-order chi connectivity index (χ0) is 16.8. The van der Waals surface area contributed by atoms with E-state index < -0.39 is 11.9 Å². The summed E-state index contributed by atoms with van der Waals surface area (Å²) in [5.41, 5.74) is 3.06. The first kappa shape index (κ1) is 16.5. The first-order valence-corrected chi connectivity index (χ1v) is 7.18. The molecule has 0 bridgehead atoms. The molecule has 2 aromatic carbocycles. The van der Waals surface area contributed by atoms with Crippen LogP contribution in [-0.4, -0.2) is 25.6 Å². The molecule has 1 amide bonds. The second-order valence-corrected chi connectivity index (χ2v) is 5.20. The Morgan fingerprint density at radius 1 is 1.04 bits per heavy atom. The summed E-state index contributed by atoms with van der Waals surface area (Å²) in [5.74, 6) is -0.580. The fraction of sp³-hybridized carbons (Fsp3) is 0.222. The zero-order valence-electron chi connectivity index (χ0n) is 13.4. The van der Waals surface area contributed by atoms with E-state index in [0.717, 1.165) is 11.1 Å². The minimum absolute atomic E-state index is 0.286. The van der Waals surface area contributed by atoms with Crippen LogP contribution in [0.4, 0.5) is 5.69 Å². The van der Waals surface area contributed by atoms with Gasteiger partial charge in [0, 0.05) is 5.69 Å². The molecule has 23 heavy (non-hydrogen) atoms. The van der Waals surface area contributed by atoms with Crippen LogP contribution in [0.2, 0.25) is 0 Å². The third kappa shape index (κ3) is 4.57. The van der Waals surface area contributed by atoms with Crippen molar-refractivity contribution in [1.82, 2.24) is 0 Å². The van der Waals surface area contributed by atoms with Crippen molar-refractivity contribution in [1.29, 1.82) is 0 Å². The molecule has 0 spiro atoms. The van der Waals surface area contributed by atoms with Gasteiger partial charge >= 0.3 is 5.97 Å². The van der Waals surface area contributed by atoms with E-state index in [-0.39, 0.29) is 12.2 Å². The summed E-state index contributed by atoms with van der Waals surface area (Å²) in [6.07, 6.45) is 0. The summed E-state index contributed by atoms with van der Waals surface area (Å²) >= 11 is 0. The molecule has 1 N–H and O–H groups in total. The van der Waals surface area contributed by atoms with Gasteiger partial charge in [-0.05, 0) is 49.2 Å². The number of carbonyl (C=O) groups excluding carboxylic acids is 2. The first-order valence-electron chi connectivity index (χ1n) is 7.18. The Labute approximate surface area is 135 Å². The second-order valence-electron chi connectivity index (χ2n) is 5.20. The minimum atomic E-state index is -0.599. The van der Waals surface area contributed by atoms with Gasteiger partial charge in [-0.3, -0.25) is 4.79 Å². The molecule has 0 aliphatic heterocycles.